The Bertz CT molecular complexity index is 693. The molecule has 4 heteroatoms. The van der Waals surface area contributed by atoms with Crippen LogP contribution in [0.15, 0.2) is 48.5 Å². The van der Waals surface area contributed by atoms with E-state index >= 15 is 0 Å². The molecule has 0 radical (unpaired) electrons. The summed E-state index contributed by atoms with van der Waals surface area (Å²) in [6.07, 6.45) is 3.39. The van der Waals surface area contributed by atoms with Gasteiger partial charge in [-0.1, -0.05) is 30.3 Å². The molecule has 0 bridgehead atoms. The second-order valence-corrected chi connectivity index (χ2v) is 5.70. The highest BCUT2D eigenvalue weighted by atomic mass is 16.1. The third kappa shape index (κ3) is 3.01. The maximum atomic E-state index is 12.7. The average molecular weight is 293 g/mol. The fourth-order valence-electron chi connectivity index (χ4n) is 2.73. The summed E-state index contributed by atoms with van der Waals surface area (Å²) in [4.78, 5) is 12.7. The molecule has 0 saturated heterocycles. The Labute approximate surface area is 129 Å². The molecule has 3 rings (SSSR count). The van der Waals surface area contributed by atoms with Crippen molar-refractivity contribution in [2.24, 2.45) is 5.92 Å². The van der Waals surface area contributed by atoms with Gasteiger partial charge in [-0.3, -0.25) is 4.79 Å². The van der Waals surface area contributed by atoms with Crippen molar-refractivity contribution in [1.29, 1.82) is 5.41 Å². The van der Waals surface area contributed by atoms with Crippen LogP contribution in [0.4, 0.5) is 11.4 Å². The van der Waals surface area contributed by atoms with Crippen LogP contribution in [0.3, 0.4) is 0 Å². The minimum atomic E-state index is -0.109. The Balaban J connectivity index is 1.81. The van der Waals surface area contributed by atoms with Crippen molar-refractivity contribution in [2.45, 2.75) is 18.8 Å². The number of nitrogens with two attached hydrogens (primary N) is 1. The Morgan fingerprint density at radius 3 is 2.59 bits per heavy atom. The van der Waals surface area contributed by atoms with Crippen LogP contribution in [0.5, 0.6) is 0 Å². The van der Waals surface area contributed by atoms with Crippen LogP contribution in [0.2, 0.25) is 0 Å². The second-order valence-electron chi connectivity index (χ2n) is 5.70. The third-order valence-electron chi connectivity index (χ3n) is 4.04. The summed E-state index contributed by atoms with van der Waals surface area (Å²) in [5, 5.41) is 10.3. The van der Waals surface area contributed by atoms with Gasteiger partial charge in [-0.15, -0.1) is 0 Å². The van der Waals surface area contributed by atoms with Crippen LogP contribution in [-0.2, 0) is 4.79 Å². The summed E-state index contributed by atoms with van der Waals surface area (Å²) in [5.74, 6) is 0.329. The summed E-state index contributed by atoms with van der Waals surface area (Å²) >= 11 is 0. The number of anilines is 2. The van der Waals surface area contributed by atoms with Crippen molar-refractivity contribution in [3.05, 3.63) is 59.7 Å². The maximum absolute atomic E-state index is 12.7. The lowest BCUT2D eigenvalue weighted by Gasteiger charge is -2.17. The molecule has 2 aromatic carbocycles. The van der Waals surface area contributed by atoms with E-state index in [1.807, 2.05) is 30.3 Å². The molecular formula is C18H19N3O. The number of rotatable bonds is 5. The highest BCUT2D eigenvalue weighted by Gasteiger charge is 2.37. The minimum Gasteiger partial charge on any atom is -0.398 e. The highest BCUT2D eigenvalue weighted by Crippen LogP contribution is 2.43. The smallest absolute Gasteiger partial charge is 0.232 e. The number of carbonyl (C=O) groups is 1. The molecule has 0 aromatic heterocycles. The van der Waals surface area contributed by atoms with E-state index < -0.39 is 0 Å². The molecule has 1 aliphatic carbocycles. The monoisotopic (exact) mass is 293 g/mol. The van der Waals surface area contributed by atoms with Crippen molar-refractivity contribution < 1.29 is 4.79 Å². The lowest BCUT2D eigenvalue weighted by molar-refractivity contribution is -0.118. The van der Waals surface area contributed by atoms with Gasteiger partial charge in [-0.2, -0.15) is 0 Å². The molecule has 2 aromatic rings. The first-order valence-electron chi connectivity index (χ1n) is 7.45. The molecule has 1 amide bonds. The van der Waals surface area contributed by atoms with Crippen LogP contribution in [-0.4, -0.2) is 12.1 Å². The van der Waals surface area contributed by atoms with Crippen LogP contribution >= 0.6 is 0 Å². The Kier molecular flexibility index (Phi) is 3.92. The van der Waals surface area contributed by atoms with E-state index in [4.69, 9.17) is 11.1 Å². The van der Waals surface area contributed by atoms with Crippen LogP contribution in [0.1, 0.15) is 29.9 Å². The maximum Gasteiger partial charge on any atom is 0.232 e. The van der Waals surface area contributed by atoms with Crippen LogP contribution < -0.4 is 11.1 Å². The molecule has 22 heavy (non-hydrogen) atoms. The van der Waals surface area contributed by atoms with Gasteiger partial charge in [0.05, 0.1) is 5.92 Å². The SMILES string of the molecule is N=Cc1cc(NC(=O)C(c2ccccc2)C2CC2)ccc1N. The number of benzene rings is 2. The molecule has 1 saturated carbocycles. The van der Waals surface area contributed by atoms with E-state index in [0.29, 0.717) is 22.9 Å². The normalized spacial score (nSPS) is 15.1. The fraction of sp³-hybridized carbons (Fsp3) is 0.222. The predicted molar refractivity (Wildman–Crippen MR) is 89.3 cm³/mol. The van der Waals surface area contributed by atoms with Crippen molar-refractivity contribution in [2.75, 3.05) is 11.1 Å². The van der Waals surface area contributed by atoms with E-state index in [1.54, 1.807) is 18.2 Å². The molecule has 1 fully saturated rings. The lowest BCUT2D eigenvalue weighted by atomic mass is 9.93. The summed E-state index contributed by atoms with van der Waals surface area (Å²) in [6.45, 7) is 0. The van der Waals surface area contributed by atoms with Gasteiger partial charge in [0.25, 0.3) is 0 Å². The minimum absolute atomic E-state index is 0.00871. The predicted octanol–water partition coefficient (Wildman–Crippen LogP) is 3.40. The van der Waals surface area contributed by atoms with Crippen molar-refractivity contribution in [3.63, 3.8) is 0 Å². The summed E-state index contributed by atoms with van der Waals surface area (Å²) in [5.41, 5.74) is 8.66. The standard InChI is InChI=1S/C18H19N3O/c19-11-14-10-15(8-9-16(14)20)21-18(22)17(13-6-7-13)12-4-2-1-3-5-12/h1-5,8-11,13,17,19H,6-7,20H2,(H,21,22). The molecule has 0 heterocycles. The van der Waals surface area contributed by atoms with E-state index in [-0.39, 0.29) is 11.8 Å². The fourth-order valence-corrected chi connectivity index (χ4v) is 2.73. The van der Waals surface area contributed by atoms with Crippen molar-refractivity contribution in [1.82, 2.24) is 0 Å². The first kappa shape index (κ1) is 14.3. The van der Waals surface area contributed by atoms with E-state index in [0.717, 1.165) is 18.4 Å². The average Bonchev–Trinajstić information content (AvgIpc) is 3.35. The Morgan fingerprint density at radius 2 is 1.95 bits per heavy atom. The summed E-state index contributed by atoms with van der Waals surface area (Å²) in [6, 6.07) is 15.1. The summed E-state index contributed by atoms with van der Waals surface area (Å²) < 4.78 is 0. The van der Waals surface area contributed by atoms with E-state index in [2.05, 4.69) is 5.32 Å². The van der Waals surface area contributed by atoms with Crippen molar-refractivity contribution >= 4 is 23.5 Å². The molecular weight excluding hydrogens is 274 g/mol. The molecule has 112 valence electrons. The molecule has 4 nitrogen and oxygen atoms in total. The van der Waals surface area contributed by atoms with Gasteiger partial charge in [0.2, 0.25) is 5.91 Å². The first-order valence-corrected chi connectivity index (χ1v) is 7.45. The van der Waals surface area contributed by atoms with Crippen LogP contribution in [0, 0.1) is 11.3 Å². The zero-order valence-corrected chi connectivity index (χ0v) is 12.3. The third-order valence-corrected chi connectivity index (χ3v) is 4.04. The summed E-state index contributed by atoms with van der Waals surface area (Å²) in [7, 11) is 0. The second kappa shape index (κ2) is 6.02. The van der Waals surface area contributed by atoms with Gasteiger partial charge in [0.1, 0.15) is 0 Å². The van der Waals surface area contributed by atoms with Gasteiger partial charge < -0.3 is 16.5 Å². The quantitative estimate of drug-likeness (QED) is 0.583. The topological polar surface area (TPSA) is 79.0 Å². The number of nitrogen functional groups attached to an aromatic ring is 1. The van der Waals surface area contributed by atoms with Gasteiger partial charge in [-0.05, 0) is 42.5 Å². The zero-order chi connectivity index (χ0) is 15.5. The Morgan fingerprint density at radius 1 is 1.23 bits per heavy atom. The molecule has 1 unspecified atom stereocenters. The van der Waals surface area contributed by atoms with Gasteiger partial charge >= 0.3 is 0 Å². The molecule has 1 aliphatic rings. The molecule has 4 N–H and O–H groups in total. The van der Waals surface area contributed by atoms with E-state index in [9.17, 15) is 4.79 Å². The van der Waals surface area contributed by atoms with Gasteiger partial charge in [0.15, 0.2) is 0 Å². The number of nitrogens with one attached hydrogen (secondary N) is 2. The van der Waals surface area contributed by atoms with Gasteiger partial charge in [0, 0.05) is 23.2 Å². The first-order chi connectivity index (χ1) is 10.7. The molecule has 0 spiro atoms. The Hall–Kier alpha value is -2.62. The van der Waals surface area contributed by atoms with Crippen LogP contribution in [0.25, 0.3) is 0 Å². The molecule has 0 aliphatic heterocycles. The zero-order valence-electron chi connectivity index (χ0n) is 12.3. The number of hydrogen-bond donors (Lipinski definition) is 3. The van der Waals surface area contributed by atoms with Crippen molar-refractivity contribution in [3.8, 4) is 0 Å². The number of amides is 1. The van der Waals surface area contributed by atoms with E-state index in [1.165, 1.54) is 6.21 Å². The highest BCUT2D eigenvalue weighted by molar-refractivity contribution is 5.97. The number of carbonyl (C=O) groups excluding carboxylic acids is 1. The number of hydrogen-bond acceptors (Lipinski definition) is 3. The van der Waals surface area contributed by atoms with Gasteiger partial charge in [-0.25, -0.2) is 0 Å². The largest absolute Gasteiger partial charge is 0.398 e. The lowest BCUT2D eigenvalue weighted by Crippen LogP contribution is -2.22. The molecule has 1 atom stereocenters.